The van der Waals surface area contributed by atoms with Crippen LogP contribution in [-0.2, 0) is 20.8 Å². The van der Waals surface area contributed by atoms with Gasteiger partial charge in [0.15, 0.2) is 0 Å². The summed E-state index contributed by atoms with van der Waals surface area (Å²) in [7, 11) is -3.89. The Kier molecular flexibility index (Phi) is 4.55. The number of rotatable bonds is 3. The number of hydrogen-bond donors (Lipinski definition) is 0. The van der Waals surface area contributed by atoms with Crippen LogP contribution >= 0.6 is 15.9 Å². The van der Waals surface area contributed by atoms with Gasteiger partial charge >= 0.3 is 10.1 Å². The molecule has 0 amide bonds. The monoisotopic (exact) mass is 393 g/mol. The highest BCUT2D eigenvalue weighted by molar-refractivity contribution is 9.10. The molecule has 0 atom stereocenters. The average molecular weight is 394 g/mol. The van der Waals surface area contributed by atoms with Gasteiger partial charge in [-0.05, 0) is 49.9 Å². The van der Waals surface area contributed by atoms with Crippen LogP contribution in [0.3, 0.4) is 0 Å². The van der Waals surface area contributed by atoms with Crippen molar-refractivity contribution in [2.45, 2.75) is 31.1 Å². The summed E-state index contributed by atoms with van der Waals surface area (Å²) >= 11 is 3.51. The molecule has 23 heavy (non-hydrogen) atoms. The Bertz CT molecular complexity index is 858. The van der Waals surface area contributed by atoms with Gasteiger partial charge in [-0.2, -0.15) is 8.42 Å². The molecule has 6 heteroatoms. The van der Waals surface area contributed by atoms with Crippen molar-refractivity contribution >= 4 is 31.8 Å². The van der Waals surface area contributed by atoms with Crippen molar-refractivity contribution in [1.29, 1.82) is 0 Å². The summed E-state index contributed by atoms with van der Waals surface area (Å²) < 4.78 is 30.3. The van der Waals surface area contributed by atoms with E-state index in [1.807, 2.05) is 25.1 Å². The highest BCUT2D eigenvalue weighted by Crippen LogP contribution is 2.29. The van der Waals surface area contributed by atoms with E-state index in [-0.39, 0.29) is 4.90 Å². The van der Waals surface area contributed by atoms with E-state index in [1.165, 1.54) is 12.1 Å². The van der Waals surface area contributed by atoms with E-state index < -0.39 is 10.1 Å². The second-order valence-electron chi connectivity index (χ2n) is 5.51. The van der Waals surface area contributed by atoms with Gasteiger partial charge in [0.25, 0.3) is 0 Å². The zero-order valence-corrected chi connectivity index (χ0v) is 15.0. The number of fused-ring (bicyclic) bond motifs is 1. The molecule has 0 N–H and O–H groups in total. The van der Waals surface area contributed by atoms with E-state index in [4.69, 9.17) is 4.28 Å². The lowest BCUT2D eigenvalue weighted by Gasteiger charge is -2.18. The topological polar surface area (TPSA) is 55.7 Å². The third kappa shape index (κ3) is 3.48. The first-order valence-electron chi connectivity index (χ1n) is 7.32. The molecule has 4 nitrogen and oxygen atoms in total. The first-order valence-corrected chi connectivity index (χ1v) is 9.52. The minimum absolute atomic E-state index is 0.107. The predicted octanol–water partition coefficient (Wildman–Crippen LogP) is 4.20. The van der Waals surface area contributed by atoms with Crippen molar-refractivity contribution in [2.75, 3.05) is 0 Å². The molecule has 3 rings (SSSR count). The fraction of sp³-hybridized carbons (Fsp3) is 0.235. The summed E-state index contributed by atoms with van der Waals surface area (Å²) in [5.41, 5.74) is 3.74. The van der Waals surface area contributed by atoms with Crippen LogP contribution in [0.15, 0.2) is 57.0 Å². The van der Waals surface area contributed by atoms with Crippen LogP contribution in [0.25, 0.3) is 0 Å². The third-order valence-electron chi connectivity index (χ3n) is 3.80. The molecule has 0 spiro atoms. The lowest BCUT2D eigenvalue weighted by molar-refractivity contribution is 0.337. The quantitative estimate of drug-likeness (QED) is 0.734. The van der Waals surface area contributed by atoms with Gasteiger partial charge in [-0.15, -0.1) is 0 Å². The SMILES string of the molecule is Cc1ccc(S(=O)(=O)O/N=C2\CCCc3cccc(Br)c32)cc1. The molecular formula is C17H16BrNO3S. The summed E-state index contributed by atoms with van der Waals surface area (Å²) in [6.45, 7) is 1.90. The van der Waals surface area contributed by atoms with Crippen LogP contribution < -0.4 is 0 Å². The molecule has 0 bridgehead atoms. The molecule has 2 aromatic carbocycles. The summed E-state index contributed by atoms with van der Waals surface area (Å²) in [5.74, 6) is 0. The Morgan fingerprint density at radius 2 is 1.83 bits per heavy atom. The summed E-state index contributed by atoms with van der Waals surface area (Å²) in [6, 6.07) is 12.4. The maximum absolute atomic E-state index is 12.2. The fourth-order valence-corrected chi connectivity index (χ4v) is 3.98. The van der Waals surface area contributed by atoms with Gasteiger partial charge < -0.3 is 0 Å². The van der Waals surface area contributed by atoms with E-state index in [1.54, 1.807) is 12.1 Å². The lowest BCUT2D eigenvalue weighted by atomic mass is 9.90. The standard InChI is InChI=1S/C17H16BrNO3S/c1-12-8-10-14(11-9-12)23(20,21)22-19-16-7-3-5-13-4-2-6-15(18)17(13)16/h2,4,6,8-11H,3,5,7H2,1H3/b19-16+. The lowest BCUT2D eigenvalue weighted by Crippen LogP contribution is -2.14. The van der Waals surface area contributed by atoms with Gasteiger partial charge in [-0.3, -0.25) is 4.28 Å². The minimum Gasteiger partial charge on any atom is -0.264 e. The van der Waals surface area contributed by atoms with Crippen molar-refractivity contribution in [1.82, 2.24) is 0 Å². The molecule has 0 unspecified atom stereocenters. The van der Waals surface area contributed by atoms with Crippen LogP contribution in [0.5, 0.6) is 0 Å². The number of nitrogens with zero attached hydrogens (tertiary/aromatic N) is 1. The van der Waals surface area contributed by atoms with Crippen molar-refractivity contribution in [2.24, 2.45) is 5.16 Å². The molecule has 1 aliphatic carbocycles. The van der Waals surface area contributed by atoms with Gasteiger partial charge in [-0.1, -0.05) is 50.9 Å². The number of halogens is 1. The van der Waals surface area contributed by atoms with Gasteiger partial charge in [0.05, 0.1) is 5.71 Å². The van der Waals surface area contributed by atoms with Crippen molar-refractivity contribution < 1.29 is 12.7 Å². The highest BCUT2D eigenvalue weighted by atomic mass is 79.9. The highest BCUT2D eigenvalue weighted by Gasteiger charge is 2.21. The molecule has 0 aromatic heterocycles. The average Bonchev–Trinajstić information content (AvgIpc) is 2.53. The van der Waals surface area contributed by atoms with E-state index in [0.29, 0.717) is 12.1 Å². The van der Waals surface area contributed by atoms with E-state index in [2.05, 4.69) is 21.1 Å². The second kappa shape index (κ2) is 6.45. The van der Waals surface area contributed by atoms with Crippen LogP contribution in [0.4, 0.5) is 0 Å². The number of aryl methyl sites for hydroxylation is 2. The Morgan fingerprint density at radius 1 is 1.09 bits per heavy atom. The summed E-state index contributed by atoms with van der Waals surface area (Å²) in [5, 5.41) is 3.95. The molecule has 0 aliphatic heterocycles. The molecule has 120 valence electrons. The maximum Gasteiger partial charge on any atom is 0.358 e. The molecule has 2 aromatic rings. The van der Waals surface area contributed by atoms with Crippen LogP contribution in [0.1, 0.15) is 29.5 Å². The third-order valence-corrected chi connectivity index (χ3v) is 5.58. The largest absolute Gasteiger partial charge is 0.358 e. The maximum atomic E-state index is 12.2. The number of benzene rings is 2. The fourth-order valence-electron chi connectivity index (χ4n) is 2.60. The van der Waals surface area contributed by atoms with Crippen LogP contribution in [0.2, 0.25) is 0 Å². The summed E-state index contributed by atoms with van der Waals surface area (Å²) in [4.78, 5) is 0.107. The van der Waals surface area contributed by atoms with Crippen molar-refractivity contribution in [3.63, 3.8) is 0 Å². The van der Waals surface area contributed by atoms with Gasteiger partial charge in [-0.25, -0.2) is 0 Å². The smallest absolute Gasteiger partial charge is 0.264 e. The van der Waals surface area contributed by atoms with E-state index in [0.717, 1.165) is 34.0 Å². The predicted molar refractivity (Wildman–Crippen MR) is 93.1 cm³/mol. The van der Waals surface area contributed by atoms with Crippen LogP contribution in [-0.4, -0.2) is 14.1 Å². The Labute approximate surface area is 144 Å². The first kappa shape index (κ1) is 16.2. The molecule has 0 radical (unpaired) electrons. The zero-order chi connectivity index (χ0) is 16.4. The molecule has 1 aliphatic rings. The van der Waals surface area contributed by atoms with Crippen molar-refractivity contribution in [3.8, 4) is 0 Å². The molecule has 0 saturated carbocycles. The number of oxime groups is 1. The first-order chi connectivity index (χ1) is 11.0. The van der Waals surface area contributed by atoms with E-state index >= 15 is 0 Å². The number of hydrogen-bond acceptors (Lipinski definition) is 4. The van der Waals surface area contributed by atoms with Gasteiger partial charge in [0.1, 0.15) is 4.90 Å². The molecule has 0 heterocycles. The minimum atomic E-state index is -3.89. The van der Waals surface area contributed by atoms with Crippen LogP contribution in [0, 0.1) is 6.92 Å². The Balaban J connectivity index is 1.91. The Morgan fingerprint density at radius 3 is 2.57 bits per heavy atom. The molecule has 0 saturated heterocycles. The normalized spacial score (nSPS) is 16.2. The Hall–Kier alpha value is -1.66. The summed E-state index contributed by atoms with van der Waals surface area (Å²) in [6.07, 6.45) is 2.58. The second-order valence-corrected chi connectivity index (χ2v) is 7.89. The van der Waals surface area contributed by atoms with Gasteiger partial charge in [0.2, 0.25) is 0 Å². The van der Waals surface area contributed by atoms with Crippen molar-refractivity contribution in [3.05, 3.63) is 63.6 Å². The molecule has 0 fully saturated rings. The molecular weight excluding hydrogens is 378 g/mol. The zero-order valence-electron chi connectivity index (χ0n) is 12.6. The van der Waals surface area contributed by atoms with E-state index in [9.17, 15) is 8.42 Å². The van der Waals surface area contributed by atoms with Gasteiger partial charge in [0, 0.05) is 10.0 Å².